The van der Waals surface area contributed by atoms with Gasteiger partial charge in [-0.3, -0.25) is 4.79 Å². The summed E-state index contributed by atoms with van der Waals surface area (Å²) in [5.74, 6) is 0.671. The van der Waals surface area contributed by atoms with Gasteiger partial charge in [0.1, 0.15) is 17.2 Å². The van der Waals surface area contributed by atoms with Crippen molar-refractivity contribution < 1.29 is 9.53 Å². The van der Waals surface area contributed by atoms with Gasteiger partial charge in [-0.15, -0.1) is 0 Å². The summed E-state index contributed by atoms with van der Waals surface area (Å²) in [4.78, 5) is 19.6. The Morgan fingerprint density at radius 1 is 1.33 bits per heavy atom. The molecule has 0 saturated heterocycles. The highest BCUT2D eigenvalue weighted by molar-refractivity contribution is 9.10. The van der Waals surface area contributed by atoms with Crippen molar-refractivity contribution in [1.82, 2.24) is 9.97 Å². The minimum absolute atomic E-state index is 0.239. The second-order valence-corrected chi connectivity index (χ2v) is 5.88. The van der Waals surface area contributed by atoms with Gasteiger partial charge in [0.2, 0.25) is 0 Å². The lowest BCUT2D eigenvalue weighted by molar-refractivity contribution is -0.139. The second kappa shape index (κ2) is 7.99. The minimum Gasteiger partial charge on any atom is -0.465 e. The van der Waals surface area contributed by atoms with Crippen LogP contribution >= 0.6 is 27.7 Å². The smallest absolute Gasteiger partial charge is 0.316 e. The number of carbonyl (C=O) groups excluding carboxylic acids is 1. The number of anilines is 2. The lowest BCUT2D eigenvalue weighted by Gasteiger charge is -2.07. The van der Waals surface area contributed by atoms with Gasteiger partial charge in [-0.05, 0) is 31.2 Å². The molecule has 7 heteroatoms. The largest absolute Gasteiger partial charge is 0.465 e. The summed E-state index contributed by atoms with van der Waals surface area (Å²) in [5.41, 5.74) is 0.929. The third kappa shape index (κ3) is 5.35. The van der Waals surface area contributed by atoms with E-state index in [9.17, 15) is 4.79 Å². The van der Waals surface area contributed by atoms with E-state index >= 15 is 0 Å². The maximum Gasteiger partial charge on any atom is 0.316 e. The van der Waals surface area contributed by atoms with Crippen LogP contribution in [0.25, 0.3) is 0 Å². The van der Waals surface area contributed by atoms with Crippen LogP contribution < -0.4 is 5.32 Å². The fourth-order valence-electron chi connectivity index (χ4n) is 1.50. The molecular formula is C14H14BrN3O2S. The summed E-state index contributed by atoms with van der Waals surface area (Å²) >= 11 is 4.71. The van der Waals surface area contributed by atoms with E-state index < -0.39 is 0 Å². The molecule has 0 aliphatic heterocycles. The Morgan fingerprint density at radius 3 is 2.81 bits per heavy atom. The number of rotatable bonds is 6. The van der Waals surface area contributed by atoms with Crippen LogP contribution in [-0.2, 0) is 9.53 Å². The molecule has 1 aromatic heterocycles. The van der Waals surface area contributed by atoms with Crippen LogP contribution in [0.1, 0.15) is 6.92 Å². The molecule has 1 aromatic carbocycles. The van der Waals surface area contributed by atoms with Gasteiger partial charge in [-0.25, -0.2) is 9.97 Å². The van der Waals surface area contributed by atoms with Crippen LogP contribution in [0, 0.1) is 0 Å². The fourth-order valence-corrected chi connectivity index (χ4v) is 2.43. The average Bonchev–Trinajstić information content (AvgIpc) is 2.48. The number of carbonyl (C=O) groups is 1. The third-order valence-electron chi connectivity index (χ3n) is 2.40. The molecule has 21 heavy (non-hydrogen) atoms. The molecule has 0 aliphatic rings. The molecule has 0 atom stereocenters. The second-order valence-electron chi connectivity index (χ2n) is 3.97. The number of hydrogen-bond acceptors (Lipinski definition) is 6. The minimum atomic E-state index is -0.247. The van der Waals surface area contributed by atoms with E-state index in [0.717, 1.165) is 15.2 Å². The summed E-state index contributed by atoms with van der Waals surface area (Å²) in [6.45, 7) is 2.17. The molecule has 0 radical (unpaired) electrons. The molecule has 1 N–H and O–H groups in total. The first-order valence-electron chi connectivity index (χ1n) is 6.30. The number of thioether (sulfide) groups is 1. The first-order valence-corrected chi connectivity index (χ1v) is 8.08. The number of nitrogens with one attached hydrogen (secondary N) is 1. The summed E-state index contributed by atoms with van der Waals surface area (Å²) in [5, 5.41) is 3.90. The van der Waals surface area contributed by atoms with E-state index in [0.29, 0.717) is 12.4 Å². The van der Waals surface area contributed by atoms with Gasteiger partial charge in [-0.1, -0.05) is 27.7 Å². The highest BCUT2D eigenvalue weighted by atomic mass is 79.9. The van der Waals surface area contributed by atoms with Crippen molar-refractivity contribution in [3.63, 3.8) is 0 Å². The number of hydrogen-bond donors (Lipinski definition) is 1. The first kappa shape index (κ1) is 15.8. The Kier molecular flexibility index (Phi) is 6.01. The van der Waals surface area contributed by atoms with Gasteiger partial charge in [0.05, 0.1) is 12.4 Å². The molecule has 0 aliphatic carbocycles. The highest BCUT2D eigenvalue weighted by Crippen LogP contribution is 2.21. The standard InChI is InChI=1S/C14H14BrN3O2S/c1-2-20-14(19)8-21-13-7-12(16-9-17-13)18-11-5-3-10(15)4-6-11/h3-7,9H,2,8H2,1H3,(H,16,17,18). The normalized spacial score (nSPS) is 10.2. The molecule has 2 aromatic rings. The van der Waals surface area contributed by atoms with Crippen molar-refractivity contribution in [1.29, 1.82) is 0 Å². The topological polar surface area (TPSA) is 64.1 Å². The number of aromatic nitrogens is 2. The number of benzene rings is 1. The molecular weight excluding hydrogens is 354 g/mol. The Labute approximate surface area is 135 Å². The maximum absolute atomic E-state index is 11.3. The van der Waals surface area contributed by atoms with Crippen LogP contribution in [0.2, 0.25) is 0 Å². The molecule has 0 amide bonds. The van der Waals surface area contributed by atoms with Crippen molar-refractivity contribution in [2.75, 3.05) is 17.7 Å². The molecule has 0 bridgehead atoms. The van der Waals surface area contributed by atoms with Crippen LogP contribution in [0.15, 0.2) is 46.2 Å². The number of esters is 1. The number of ether oxygens (including phenoxy) is 1. The van der Waals surface area contributed by atoms with Gasteiger partial charge in [0.15, 0.2) is 0 Å². The Morgan fingerprint density at radius 2 is 2.10 bits per heavy atom. The van der Waals surface area contributed by atoms with Crippen molar-refractivity contribution in [3.05, 3.63) is 41.1 Å². The SMILES string of the molecule is CCOC(=O)CSc1cc(Nc2ccc(Br)cc2)ncn1. The Bertz CT molecular complexity index is 607. The molecule has 0 fully saturated rings. The molecule has 5 nitrogen and oxygen atoms in total. The molecule has 0 saturated carbocycles. The number of halogens is 1. The summed E-state index contributed by atoms with van der Waals surface area (Å²) in [7, 11) is 0. The summed E-state index contributed by atoms with van der Waals surface area (Å²) < 4.78 is 5.89. The maximum atomic E-state index is 11.3. The van der Waals surface area contributed by atoms with Crippen molar-refractivity contribution in [3.8, 4) is 0 Å². The van der Waals surface area contributed by atoms with E-state index in [1.54, 1.807) is 13.0 Å². The lowest BCUT2D eigenvalue weighted by atomic mass is 10.3. The molecule has 0 spiro atoms. The average molecular weight is 368 g/mol. The van der Waals surface area contributed by atoms with Gasteiger partial charge < -0.3 is 10.1 Å². The zero-order valence-corrected chi connectivity index (χ0v) is 13.8. The summed E-state index contributed by atoms with van der Waals surface area (Å²) in [6.07, 6.45) is 1.47. The molecule has 1 heterocycles. The van der Waals surface area contributed by atoms with Crippen LogP contribution in [-0.4, -0.2) is 28.3 Å². The van der Waals surface area contributed by atoms with Gasteiger partial charge in [-0.2, -0.15) is 0 Å². The molecule has 2 rings (SSSR count). The van der Waals surface area contributed by atoms with E-state index in [2.05, 4.69) is 31.2 Å². The molecule has 0 unspecified atom stereocenters. The van der Waals surface area contributed by atoms with Crippen molar-refractivity contribution in [2.45, 2.75) is 11.9 Å². The number of nitrogens with zero attached hydrogens (tertiary/aromatic N) is 2. The predicted molar refractivity (Wildman–Crippen MR) is 86.8 cm³/mol. The fraction of sp³-hybridized carbons (Fsp3) is 0.214. The zero-order valence-electron chi connectivity index (χ0n) is 11.4. The van der Waals surface area contributed by atoms with E-state index in [-0.39, 0.29) is 11.7 Å². The van der Waals surface area contributed by atoms with Crippen LogP contribution in [0.4, 0.5) is 11.5 Å². The van der Waals surface area contributed by atoms with E-state index in [1.165, 1.54) is 18.1 Å². The third-order valence-corrected chi connectivity index (χ3v) is 3.83. The highest BCUT2D eigenvalue weighted by Gasteiger charge is 2.05. The predicted octanol–water partition coefficient (Wildman–Crippen LogP) is 3.64. The van der Waals surface area contributed by atoms with Gasteiger partial charge in [0.25, 0.3) is 0 Å². The van der Waals surface area contributed by atoms with Crippen molar-refractivity contribution >= 4 is 45.2 Å². The van der Waals surface area contributed by atoms with Gasteiger partial charge in [0, 0.05) is 16.2 Å². The Hall–Kier alpha value is -1.60. The van der Waals surface area contributed by atoms with E-state index in [4.69, 9.17) is 4.74 Å². The first-order chi connectivity index (χ1) is 10.2. The van der Waals surface area contributed by atoms with Crippen LogP contribution in [0.5, 0.6) is 0 Å². The van der Waals surface area contributed by atoms with Crippen LogP contribution in [0.3, 0.4) is 0 Å². The quantitative estimate of drug-likeness (QED) is 0.477. The van der Waals surface area contributed by atoms with Gasteiger partial charge >= 0.3 is 5.97 Å². The van der Waals surface area contributed by atoms with E-state index in [1.807, 2.05) is 24.3 Å². The molecule has 110 valence electrons. The Balaban J connectivity index is 1.97. The lowest BCUT2D eigenvalue weighted by Crippen LogP contribution is -2.06. The summed E-state index contributed by atoms with van der Waals surface area (Å²) in [6, 6.07) is 9.57. The van der Waals surface area contributed by atoms with Crippen molar-refractivity contribution in [2.24, 2.45) is 0 Å². The monoisotopic (exact) mass is 367 g/mol. The zero-order chi connectivity index (χ0) is 15.1.